The van der Waals surface area contributed by atoms with Crippen molar-refractivity contribution < 1.29 is 9.59 Å². The molecule has 0 N–H and O–H groups in total. The van der Waals surface area contributed by atoms with Crippen molar-refractivity contribution in [2.24, 2.45) is 23.7 Å². The van der Waals surface area contributed by atoms with Crippen LogP contribution in [0.25, 0.3) is 0 Å². The Labute approximate surface area is 94.7 Å². The second-order valence-corrected chi connectivity index (χ2v) is 4.93. The first-order chi connectivity index (χ1) is 7.72. The molecule has 1 saturated carbocycles. The van der Waals surface area contributed by atoms with E-state index in [1.165, 1.54) is 0 Å². The van der Waals surface area contributed by atoms with Gasteiger partial charge in [0.2, 0.25) is 0 Å². The maximum absolute atomic E-state index is 12.2. The maximum Gasteiger partial charge on any atom is 0.163 e. The molecule has 2 nitrogen and oxygen atoms in total. The molecule has 0 amide bonds. The fourth-order valence-electron chi connectivity index (χ4n) is 3.44. The van der Waals surface area contributed by atoms with Crippen molar-refractivity contribution in [2.45, 2.75) is 12.8 Å². The molecule has 2 bridgehead atoms. The first-order valence-electron chi connectivity index (χ1n) is 5.80. The van der Waals surface area contributed by atoms with Gasteiger partial charge in [-0.05, 0) is 30.8 Å². The SMILES string of the molecule is C=CCC1=CC(=O)[C@@H]2C3C=CC(C3)[C@@H]2C1=O. The van der Waals surface area contributed by atoms with Gasteiger partial charge in [0.15, 0.2) is 11.6 Å². The first-order valence-corrected chi connectivity index (χ1v) is 5.80. The Balaban J connectivity index is 2.00. The van der Waals surface area contributed by atoms with Crippen LogP contribution >= 0.6 is 0 Å². The van der Waals surface area contributed by atoms with E-state index in [1.807, 2.05) is 0 Å². The van der Waals surface area contributed by atoms with Gasteiger partial charge < -0.3 is 0 Å². The summed E-state index contributed by atoms with van der Waals surface area (Å²) >= 11 is 0. The zero-order valence-corrected chi connectivity index (χ0v) is 9.06. The van der Waals surface area contributed by atoms with Gasteiger partial charge in [0.25, 0.3) is 0 Å². The summed E-state index contributed by atoms with van der Waals surface area (Å²) in [5.41, 5.74) is 0.655. The number of carbonyl (C=O) groups is 2. The molecule has 0 heterocycles. The van der Waals surface area contributed by atoms with Crippen LogP contribution in [0.1, 0.15) is 12.8 Å². The van der Waals surface area contributed by atoms with Gasteiger partial charge >= 0.3 is 0 Å². The Hall–Kier alpha value is -1.44. The predicted octanol–water partition coefficient (Wildman–Crippen LogP) is 2.08. The van der Waals surface area contributed by atoms with Crippen LogP contribution in [-0.2, 0) is 9.59 Å². The second-order valence-electron chi connectivity index (χ2n) is 4.93. The van der Waals surface area contributed by atoms with E-state index in [0.29, 0.717) is 23.8 Å². The lowest BCUT2D eigenvalue weighted by molar-refractivity contribution is -0.130. The van der Waals surface area contributed by atoms with Gasteiger partial charge in [0, 0.05) is 17.4 Å². The van der Waals surface area contributed by atoms with Gasteiger partial charge in [-0.3, -0.25) is 9.59 Å². The summed E-state index contributed by atoms with van der Waals surface area (Å²) < 4.78 is 0. The number of ketones is 2. The van der Waals surface area contributed by atoms with Crippen LogP contribution in [-0.4, -0.2) is 11.6 Å². The van der Waals surface area contributed by atoms with Gasteiger partial charge in [-0.15, -0.1) is 6.58 Å². The van der Waals surface area contributed by atoms with Crippen molar-refractivity contribution in [3.05, 3.63) is 36.5 Å². The highest BCUT2D eigenvalue weighted by Gasteiger charge is 2.52. The normalized spacial score (nSPS) is 39.9. The Kier molecular flexibility index (Phi) is 2.00. The minimum atomic E-state index is -0.0672. The van der Waals surface area contributed by atoms with E-state index < -0.39 is 0 Å². The Morgan fingerprint density at radius 2 is 1.94 bits per heavy atom. The van der Waals surface area contributed by atoms with E-state index in [9.17, 15) is 9.59 Å². The summed E-state index contributed by atoms with van der Waals surface area (Å²) in [5, 5.41) is 0. The highest BCUT2D eigenvalue weighted by atomic mass is 16.1. The van der Waals surface area contributed by atoms with Crippen molar-refractivity contribution >= 4 is 11.6 Å². The van der Waals surface area contributed by atoms with Crippen molar-refractivity contribution in [1.82, 2.24) is 0 Å². The average Bonchev–Trinajstić information content (AvgIpc) is 2.85. The number of fused-ring (bicyclic) bond motifs is 5. The number of Topliss-reactive ketones (excluding diaryl/α,β-unsaturated/α-hetero) is 1. The zero-order chi connectivity index (χ0) is 11.3. The lowest BCUT2D eigenvalue weighted by Crippen LogP contribution is -2.37. The highest BCUT2D eigenvalue weighted by molar-refractivity contribution is 6.11. The molecular formula is C14H14O2. The zero-order valence-electron chi connectivity index (χ0n) is 9.06. The summed E-state index contributed by atoms with van der Waals surface area (Å²) in [4.78, 5) is 24.2. The number of rotatable bonds is 2. The molecule has 16 heavy (non-hydrogen) atoms. The summed E-state index contributed by atoms with van der Waals surface area (Å²) in [6.07, 6.45) is 8.99. The lowest BCUT2D eigenvalue weighted by Gasteiger charge is -2.29. The van der Waals surface area contributed by atoms with Crippen LogP contribution in [0.5, 0.6) is 0 Å². The maximum atomic E-state index is 12.2. The third-order valence-corrected chi connectivity index (χ3v) is 4.09. The largest absolute Gasteiger partial charge is 0.294 e. The molecule has 3 aliphatic carbocycles. The monoisotopic (exact) mass is 214 g/mol. The van der Waals surface area contributed by atoms with Crippen LogP contribution in [0.3, 0.4) is 0 Å². The molecule has 4 atom stereocenters. The van der Waals surface area contributed by atoms with E-state index >= 15 is 0 Å². The van der Waals surface area contributed by atoms with Crippen LogP contribution in [0.2, 0.25) is 0 Å². The Morgan fingerprint density at radius 1 is 1.25 bits per heavy atom. The third-order valence-electron chi connectivity index (χ3n) is 4.09. The highest BCUT2D eigenvalue weighted by Crippen LogP contribution is 2.51. The van der Waals surface area contributed by atoms with E-state index in [0.717, 1.165) is 6.42 Å². The summed E-state index contributed by atoms with van der Waals surface area (Å²) in [6.45, 7) is 3.63. The third kappa shape index (κ3) is 1.13. The summed E-state index contributed by atoms with van der Waals surface area (Å²) in [6, 6.07) is 0. The predicted molar refractivity (Wildman–Crippen MR) is 60.6 cm³/mol. The van der Waals surface area contributed by atoms with Crippen molar-refractivity contribution in [1.29, 1.82) is 0 Å². The van der Waals surface area contributed by atoms with E-state index in [2.05, 4.69) is 18.7 Å². The van der Waals surface area contributed by atoms with Crippen LogP contribution < -0.4 is 0 Å². The lowest BCUT2D eigenvalue weighted by atomic mass is 9.72. The smallest absolute Gasteiger partial charge is 0.163 e. The number of hydrogen-bond acceptors (Lipinski definition) is 2. The molecule has 0 aromatic carbocycles. The van der Waals surface area contributed by atoms with Crippen LogP contribution in [0, 0.1) is 23.7 Å². The molecule has 0 radical (unpaired) electrons. The fraction of sp³-hybridized carbons (Fsp3) is 0.429. The van der Waals surface area contributed by atoms with Gasteiger partial charge in [0.05, 0.1) is 0 Å². The van der Waals surface area contributed by atoms with Gasteiger partial charge in [-0.25, -0.2) is 0 Å². The molecule has 3 aliphatic rings. The van der Waals surface area contributed by atoms with Gasteiger partial charge in [0.1, 0.15) is 0 Å². The number of hydrogen-bond donors (Lipinski definition) is 0. The second kappa shape index (κ2) is 3.27. The number of allylic oxidation sites excluding steroid dienone is 5. The molecule has 0 aromatic rings. The first kappa shape index (κ1) is 9.76. The Bertz CT molecular complexity index is 442. The summed E-state index contributed by atoms with van der Waals surface area (Å²) in [5.74, 6) is 0.825. The molecule has 1 fully saturated rings. The molecule has 0 aliphatic heterocycles. The molecule has 0 aromatic heterocycles. The van der Waals surface area contributed by atoms with Crippen molar-refractivity contribution in [3.63, 3.8) is 0 Å². The molecule has 2 unspecified atom stereocenters. The van der Waals surface area contributed by atoms with Gasteiger partial charge in [-0.1, -0.05) is 18.2 Å². The standard InChI is InChI=1S/C14H14O2/c1-2-3-10-7-11(15)12-8-4-5-9(6-8)13(12)14(10)16/h2,4-5,7-9,12-13H,1,3,6H2/t8?,9?,12-,13-/m0/s1. The van der Waals surface area contributed by atoms with Gasteiger partial charge in [-0.2, -0.15) is 0 Å². The molecule has 2 heteroatoms. The molecule has 0 saturated heterocycles. The van der Waals surface area contributed by atoms with Crippen molar-refractivity contribution in [3.8, 4) is 0 Å². The molecule has 0 spiro atoms. The molecule has 3 rings (SSSR count). The fourth-order valence-corrected chi connectivity index (χ4v) is 3.44. The minimum absolute atomic E-state index is 0.0592. The van der Waals surface area contributed by atoms with Crippen molar-refractivity contribution in [2.75, 3.05) is 0 Å². The molecule has 82 valence electrons. The van der Waals surface area contributed by atoms with Crippen LogP contribution in [0.15, 0.2) is 36.5 Å². The van der Waals surface area contributed by atoms with E-state index in [4.69, 9.17) is 0 Å². The number of carbonyl (C=O) groups excluding carboxylic acids is 2. The Morgan fingerprint density at radius 3 is 2.62 bits per heavy atom. The van der Waals surface area contributed by atoms with E-state index in [1.54, 1.807) is 12.2 Å². The molecular weight excluding hydrogens is 200 g/mol. The topological polar surface area (TPSA) is 34.1 Å². The average molecular weight is 214 g/mol. The summed E-state index contributed by atoms with van der Waals surface area (Å²) in [7, 11) is 0. The quantitative estimate of drug-likeness (QED) is 0.659. The van der Waals surface area contributed by atoms with E-state index in [-0.39, 0.29) is 23.4 Å². The van der Waals surface area contributed by atoms with Crippen LogP contribution in [0.4, 0.5) is 0 Å². The minimum Gasteiger partial charge on any atom is -0.294 e.